The third-order valence-corrected chi connectivity index (χ3v) is 22.0. The fourth-order valence-corrected chi connectivity index (χ4v) is 14.6. The van der Waals surface area contributed by atoms with Gasteiger partial charge in [0, 0.05) is 25.7 Å². The molecule has 0 bridgehead atoms. The van der Waals surface area contributed by atoms with E-state index in [1.807, 2.05) is 0 Å². The molecule has 0 aliphatic heterocycles. The molecular weight excluding hydrogens is 1340 g/mol. The van der Waals surface area contributed by atoms with Crippen molar-refractivity contribution in [2.75, 3.05) is 39.6 Å². The molecule has 3 N–H and O–H groups in total. The van der Waals surface area contributed by atoms with Gasteiger partial charge in [0.1, 0.15) is 19.3 Å². The molecule has 103 heavy (non-hydrogen) atoms. The first-order valence-corrected chi connectivity index (χ1v) is 46.5. The van der Waals surface area contributed by atoms with Crippen molar-refractivity contribution < 1.29 is 80.2 Å². The number of phosphoric acid groups is 2. The maximum Gasteiger partial charge on any atom is 0.472 e. The Morgan fingerprint density at radius 1 is 0.282 bits per heavy atom. The summed E-state index contributed by atoms with van der Waals surface area (Å²) in [5.41, 5.74) is 0. The number of carbonyl (C=O) groups is 4. The summed E-state index contributed by atoms with van der Waals surface area (Å²) in [6.45, 7) is 9.64. The molecule has 0 aliphatic rings. The topological polar surface area (TPSA) is 237 Å². The van der Waals surface area contributed by atoms with Gasteiger partial charge in [-0.3, -0.25) is 37.3 Å². The van der Waals surface area contributed by atoms with E-state index in [-0.39, 0.29) is 25.7 Å². The molecule has 0 aliphatic carbocycles. The molecule has 0 saturated carbocycles. The van der Waals surface area contributed by atoms with E-state index in [2.05, 4.69) is 41.5 Å². The first kappa shape index (κ1) is 101. The van der Waals surface area contributed by atoms with Crippen LogP contribution < -0.4 is 0 Å². The van der Waals surface area contributed by atoms with E-state index in [0.717, 1.165) is 108 Å². The summed E-state index contributed by atoms with van der Waals surface area (Å²) in [6.07, 6.45) is 66.7. The molecular formula is C84H164O17P2. The molecule has 0 radical (unpaired) electrons. The second kappa shape index (κ2) is 75.5. The van der Waals surface area contributed by atoms with Crippen LogP contribution in [0.5, 0.6) is 0 Å². The van der Waals surface area contributed by atoms with E-state index in [9.17, 15) is 43.2 Å². The molecule has 0 amide bonds. The van der Waals surface area contributed by atoms with Gasteiger partial charge in [0.15, 0.2) is 12.2 Å². The molecule has 612 valence electrons. The molecule has 0 spiro atoms. The Labute approximate surface area is 632 Å². The minimum Gasteiger partial charge on any atom is -0.462 e. The van der Waals surface area contributed by atoms with E-state index in [0.29, 0.717) is 25.7 Å². The number of ether oxygens (including phenoxy) is 4. The summed E-state index contributed by atoms with van der Waals surface area (Å²) in [5, 5.41) is 10.7. The first-order chi connectivity index (χ1) is 49.9. The Hall–Kier alpha value is -1.94. The molecule has 6 atom stereocenters. The lowest BCUT2D eigenvalue weighted by Gasteiger charge is -2.21. The number of unbranched alkanes of at least 4 members (excludes halogenated alkanes) is 52. The molecule has 0 saturated heterocycles. The monoisotopic (exact) mass is 1510 g/mol. The number of esters is 4. The largest absolute Gasteiger partial charge is 0.472 e. The minimum absolute atomic E-state index is 0.108. The average Bonchev–Trinajstić information content (AvgIpc) is 0.926. The molecule has 0 fully saturated rings. The number of phosphoric ester groups is 2. The van der Waals surface area contributed by atoms with Gasteiger partial charge in [-0.2, -0.15) is 0 Å². The summed E-state index contributed by atoms with van der Waals surface area (Å²) < 4.78 is 68.8. The van der Waals surface area contributed by atoms with Crippen molar-refractivity contribution in [2.45, 2.75) is 464 Å². The standard InChI is InChI=1S/C84H164O17P2/c1-7-10-12-14-16-18-20-22-24-26-27-28-29-31-37-41-45-49-57-63-68-83(88)100-79(72-94-81(86)66-60-54-47-43-39-35-33-32-34-38-42-46-52-58-64-76(4)5)74-98-102(90,91)96-70-78(85)71-97-103(92,93)99-75-80(73-95-82(87)67-61-55-51-50-53-59-65-77(6)9-3)101-84(89)69-62-56-48-44-40-36-30-25-23-21-19-17-15-13-11-8-2/h76-80,85H,7-75H2,1-6H3,(H,90,91)(H,92,93)/t77?,78-,79-,80-/m1/s1. The molecule has 0 aromatic carbocycles. The zero-order valence-corrected chi connectivity index (χ0v) is 69.4. The van der Waals surface area contributed by atoms with E-state index < -0.39 is 97.5 Å². The van der Waals surface area contributed by atoms with Gasteiger partial charge in [-0.15, -0.1) is 0 Å². The van der Waals surface area contributed by atoms with Gasteiger partial charge in [-0.05, 0) is 37.5 Å². The maximum atomic E-state index is 13.1. The number of rotatable bonds is 83. The van der Waals surface area contributed by atoms with E-state index in [1.165, 1.54) is 257 Å². The molecule has 17 nitrogen and oxygen atoms in total. The average molecular weight is 1510 g/mol. The maximum absolute atomic E-state index is 13.1. The van der Waals surface area contributed by atoms with E-state index in [4.69, 9.17) is 37.0 Å². The van der Waals surface area contributed by atoms with Gasteiger partial charge in [0.05, 0.1) is 26.4 Å². The minimum atomic E-state index is -4.96. The van der Waals surface area contributed by atoms with Crippen LogP contribution in [-0.2, 0) is 65.4 Å². The Morgan fingerprint density at radius 2 is 0.495 bits per heavy atom. The van der Waals surface area contributed by atoms with Crippen LogP contribution in [0, 0.1) is 11.8 Å². The Morgan fingerprint density at radius 3 is 0.738 bits per heavy atom. The summed E-state index contributed by atoms with van der Waals surface area (Å²) in [5.74, 6) is -0.575. The van der Waals surface area contributed by atoms with Gasteiger partial charge in [-0.1, -0.05) is 395 Å². The summed E-state index contributed by atoms with van der Waals surface area (Å²) in [6, 6.07) is 0. The lowest BCUT2D eigenvalue weighted by molar-refractivity contribution is -0.161. The summed E-state index contributed by atoms with van der Waals surface area (Å²) in [4.78, 5) is 73.1. The quantitative estimate of drug-likeness (QED) is 0.0222. The highest BCUT2D eigenvalue weighted by Crippen LogP contribution is 2.45. The zero-order chi connectivity index (χ0) is 75.6. The molecule has 0 aromatic heterocycles. The van der Waals surface area contributed by atoms with Crippen LogP contribution in [0.25, 0.3) is 0 Å². The van der Waals surface area contributed by atoms with Crippen LogP contribution in [-0.4, -0.2) is 96.7 Å². The highest BCUT2D eigenvalue weighted by molar-refractivity contribution is 7.47. The van der Waals surface area contributed by atoms with Crippen molar-refractivity contribution in [1.82, 2.24) is 0 Å². The van der Waals surface area contributed by atoms with Gasteiger partial charge >= 0.3 is 39.5 Å². The van der Waals surface area contributed by atoms with Gasteiger partial charge in [0.25, 0.3) is 0 Å². The summed E-state index contributed by atoms with van der Waals surface area (Å²) in [7, 11) is -9.92. The van der Waals surface area contributed by atoms with Crippen molar-refractivity contribution >= 4 is 39.5 Å². The normalized spacial score (nSPS) is 14.1. The zero-order valence-electron chi connectivity index (χ0n) is 67.6. The van der Waals surface area contributed by atoms with Crippen LogP contribution in [0.2, 0.25) is 0 Å². The number of aliphatic hydroxyl groups is 1. The third-order valence-electron chi connectivity index (χ3n) is 20.1. The fraction of sp³-hybridized carbons (Fsp3) is 0.952. The van der Waals surface area contributed by atoms with Gasteiger partial charge < -0.3 is 33.8 Å². The van der Waals surface area contributed by atoms with E-state index >= 15 is 0 Å². The molecule has 0 heterocycles. The number of hydrogen-bond donors (Lipinski definition) is 3. The van der Waals surface area contributed by atoms with Crippen LogP contribution in [0.15, 0.2) is 0 Å². The van der Waals surface area contributed by atoms with Crippen LogP contribution in [0.3, 0.4) is 0 Å². The molecule has 0 aromatic rings. The highest BCUT2D eigenvalue weighted by atomic mass is 31.2. The Kier molecular flexibility index (Phi) is 74.1. The SMILES string of the molecule is CCCCCCCCCCCCCCCCCCCCCCC(=O)O[C@H](COC(=O)CCCCCCCCCCCCCCCCC(C)C)COP(=O)(O)OC[C@@H](O)COP(=O)(O)OC[C@@H](COC(=O)CCCCCCCCC(C)CC)OC(=O)CCCCCCCCCCCCCCCCCC. The summed E-state index contributed by atoms with van der Waals surface area (Å²) >= 11 is 0. The highest BCUT2D eigenvalue weighted by Gasteiger charge is 2.30. The first-order valence-electron chi connectivity index (χ1n) is 43.5. The third kappa shape index (κ3) is 76.6. The smallest absolute Gasteiger partial charge is 0.462 e. The fourth-order valence-electron chi connectivity index (χ4n) is 13.0. The van der Waals surface area contributed by atoms with Crippen molar-refractivity contribution in [3.8, 4) is 0 Å². The van der Waals surface area contributed by atoms with Crippen molar-refractivity contribution in [3.63, 3.8) is 0 Å². The lowest BCUT2D eigenvalue weighted by atomic mass is 10.00. The van der Waals surface area contributed by atoms with Crippen LogP contribution in [0.4, 0.5) is 0 Å². The molecule has 3 unspecified atom stereocenters. The second-order valence-electron chi connectivity index (χ2n) is 30.9. The number of carbonyl (C=O) groups excluding carboxylic acids is 4. The number of hydrogen-bond acceptors (Lipinski definition) is 15. The van der Waals surface area contributed by atoms with Crippen molar-refractivity contribution in [1.29, 1.82) is 0 Å². The second-order valence-corrected chi connectivity index (χ2v) is 33.8. The lowest BCUT2D eigenvalue weighted by Crippen LogP contribution is -2.30. The predicted octanol–water partition coefficient (Wildman–Crippen LogP) is 25.5. The van der Waals surface area contributed by atoms with Gasteiger partial charge in [0.2, 0.25) is 0 Å². The van der Waals surface area contributed by atoms with Gasteiger partial charge in [-0.25, -0.2) is 9.13 Å². The molecule has 19 heteroatoms. The van der Waals surface area contributed by atoms with Crippen molar-refractivity contribution in [2.24, 2.45) is 11.8 Å². The predicted molar refractivity (Wildman–Crippen MR) is 423 cm³/mol. The Bertz CT molecular complexity index is 1980. The van der Waals surface area contributed by atoms with E-state index in [1.54, 1.807) is 0 Å². The van der Waals surface area contributed by atoms with Crippen LogP contribution >= 0.6 is 15.6 Å². The Balaban J connectivity index is 5.24. The van der Waals surface area contributed by atoms with Crippen molar-refractivity contribution in [3.05, 3.63) is 0 Å². The number of aliphatic hydroxyl groups excluding tert-OH is 1. The van der Waals surface area contributed by atoms with Crippen LogP contribution in [0.1, 0.15) is 446 Å². The molecule has 0 rings (SSSR count).